The molecule has 0 fully saturated rings. The van der Waals surface area contributed by atoms with Gasteiger partial charge in [-0.3, -0.25) is 9.59 Å². The molecule has 3 rings (SSSR count). The summed E-state index contributed by atoms with van der Waals surface area (Å²) in [6, 6.07) is 20.3. The Kier molecular flexibility index (Phi) is 6.93. The largest absolute Gasteiger partial charge is 0.383 e. The molecular formula is C23H19ClFN3O2. The van der Waals surface area contributed by atoms with Crippen LogP contribution in [0, 0.1) is 0 Å². The van der Waals surface area contributed by atoms with Gasteiger partial charge >= 0.3 is 0 Å². The van der Waals surface area contributed by atoms with Crippen LogP contribution in [0.3, 0.4) is 0 Å². The van der Waals surface area contributed by atoms with Gasteiger partial charge in [0.15, 0.2) is 0 Å². The van der Waals surface area contributed by atoms with Crippen molar-refractivity contribution < 1.29 is 14.0 Å². The van der Waals surface area contributed by atoms with Gasteiger partial charge in [-0.15, -0.1) is 0 Å². The molecule has 0 spiro atoms. The number of hydrogen-bond donors (Lipinski definition) is 2. The van der Waals surface area contributed by atoms with Gasteiger partial charge in [0.1, 0.15) is 18.6 Å². The number of amidine groups is 1. The summed E-state index contributed by atoms with van der Waals surface area (Å²) in [7, 11) is 0. The fourth-order valence-electron chi connectivity index (χ4n) is 2.79. The van der Waals surface area contributed by atoms with E-state index in [4.69, 9.17) is 17.3 Å². The van der Waals surface area contributed by atoms with Crippen LogP contribution in [0.25, 0.3) is 0 Å². The fraction of sp³-hybridized carbons (Fsp3) is 0.0870. The molecule has 30 heavy (non-hydrogen) atoms. The minimum atomic E-state index is -1.10. The van der Waals surface area contributed by atoms with Crippen molar-refractivity contribution in [2.24, 2.45) is 10.7 Å². The Balaban J connectivity index is 1.90. The molecule has 2 amide bonds. The van der Waals surface area contributed by atoms with Gasteiger partial charge in [-0.05, 0) is 35.4 Å². The third kappa shape index (κ3) is 5.30. The van der Waals surface area contributed by atoms with E-state index >= 15 is 0 Å². The quantitative estimate of drug-likeness (QED) is 0.460. The van der Waals surface area contributed by atoms with Gasteiger partial charge in [0.05, 0.1) is 0 Å². The number of halogens is 2. The summed E-state index contributed by atoms with van der Waals surface area (Å²) in [5.74, 6) is -1.12. The highest BCUT2D eigenvalue weighted by Gasteiger charge is 2.24. The Hall–Kier alpha value is -3.51. The Morgan fingerprint density at radius 2 is 1.67 bits per heavy atom. The first-order valence-electron chi connectivity index (χ1n) is 9.12. The zero-order chi connectivity index (χ0) is 21.5. The molecular weight excluding hydrogens is 405 g/mol. The fourth-order valence-corrected chi connectivity index (χ4v) is 2.99. The molecule has 7 heteroatoms. The average Bonchev–Trinajstić information content (AvgIpc) is 2.77. The van der Waals surface area contributed by atoms with Gasteiger partial charge < -0.3 is 11.1 Å². The predicted molar refractivity (Wildman–Crippen MR) is 115 cm³/mol. The van der Waals surface area contributed by atoms with E-state index in [9.17, 15) is 14.0 Å². The molecule has 0 aliphatic rings. The van der Waals surface area contributed by atoms with E-state index in [2.05, 4.69) is 10.3 Å². The van der Waals surface area contributed by atoms with Gasteiger partial charge in [-0.1, -0.05) is 66.2 Å². The smallest absolute Gasteiger partial charge is 0.274 e. The third-order valence-electron chi connectivity index (χ3n) is 4.38. The normalized spacial score (nSPS) is 12.3. The van der Waals surface area contributed by atoms with Gasteiger partial charge in [0.2, 0.25) is 0 Å². The first kappa shape index (κ1) is 21.2. The second kappa shape index (κ2) is 9.80. The molecule has 3 aromatic rings. The Labute approximate surface area is 178 Å². The molecule has 0 saturated heterocycles. The van der Waals surface area contributed by atoms with E-state index in [1.807, 2.05) is 6.07 Å². The number of nitrogens with two attached hydrogens (primary N) is 1. The van der Waals surface area contributed by atoms with Crippen molar-refractivity contribution in [3.63, 3.8) is 0 Å². The molecule has 0 aliphatic heterocycles. The van der Waals surface area contributed by atoms with Crippen LogP contribution in [0.2, 0.25) is 5.02 Å². The minimum absolute atomic E-state index is 0.0363. The first-order valence-corrected chi connectivity index (χ1v) is 9.50. The van der Waals surface area contributed by atoms with E-state index in [0.717, 1.165) is 0 Å². The summed E-state index contributed by atoms with van der Waals surface area (Å²) in [6.45, 7) is -0.626. The third-order valence-corrected chi connectivity index (χ3v) is 4.61. The molecule has 0 aromatic heterocycles. The number of nitrogens with one attached hydrogen (secondary N) is 1. The van der Waals surface area contributed by atoms with E-state index in [1.165, 1.54) is 24.3 Å². The number of carbonyl (C=O) groups excluding carboxylic acids is 2. The van der Waals surface area contributed by atoms with Crippen molar-refractivity contribution in [2.75, 3.05) is 0 Å². The van der Waals surface area contributed by atoms with Crippen molar-refractivity contribution in [3.05, 3.63) is 106 Å². The lowest BCUT2D eigenvalue weighted by Gasteiger charge is -2.17. The van der Waals surface area contributed by atoms with Crippen LogP contribution in [0.4, 0.5) is 4.39 Å². The van der Waals surface area contributed by atoms with Crippen LogP contribution in [-0.2, 0) is 11.5 Å². The molecule has 0 radical (unpaired) electrons. The second-order valence-electron chi connectivity index (χ2n) is 6.49. The van der Waals surface area contributed by atoms with E-state index in [0.29, 0.717) is 21.7 Å². The molecule has 5 nitrogen and oxygen atoms in total. The van der Waals surface area contributed by atoms with Crippen LogP contribution >= 0.6 is 11.6 Å². The molecule has 1 atom stereocenters. The molecule has 0 aliphatic carbocycles. The number of carbonyl (C=O) groups is 2. The SMILES string of the molecule is NC(=NC(=O)C(NC(=O)c1ccc(CF)cc1)c1cccc(Cl)c1)c1ccccc1. The van der Waals surface area contributed by atoms with Crippen molar-refractivity contribution in [2.45, 2.75) is 12.7 Å². The Bertz CT molecular complexity index is 1070. The van der Waals surface area contributed by atoms with Crippen LogP contribution in [-0.4, -0.2) is 17.6 Å². The number of aliphatic imine (C=N–C) groups is 1. The number of hydrogen-bond acceptors (Lipinski definition) is 2. The van der Waals surface area contributed by atoms with Crippen molar-refractivity contribution in [1.82, 2.24) is 5.32 Å². The van der Waals surface area contributed by atoms with Crippen molar-refractivity contribution in [3.8, 4) is 0 Å². The van der Waals surface area contributed by atoms with Crippen molar-refractivity contribution in [1.29, 1.82) is 0 Å². The highest BCUT2D eigenvalue weighted by molar-refractivity contribution is 6.30. The molecule has 0 bridgehead atoms. The summed E-state index contributed by atoms with van der Waals surface area (Å²) in [4.78, 5) is 29.6. The summed E-state index contributed by atoms with van der Waals surface area (Å²) in [5, 5.41) is 3.08. The lowest BCUT2D eigenvalue weighted by atomic mass is 10.0. The van der Waals surface area contributed by atoms with Gasteiger partial charge in [-0.2, -0.15) is 4.99 Å². The van der Waals surface area contributed by atoms with Crippen molar-refractivity contribution >= 4 is 29.3 Å². The number of nitrogens with zero attached hydrogens (tertiary/aromatic N) is 1. The maximum absolute atomic E-state index is 12.9. The number of benzene rings is 3. The van der Waals surface area contributed by atoms with E-state index < -0.39 is 24.5 Å². The Morgan fingerprint density at radius 1 is 0.967 bits per heavy atom. The number of amides is 2. The average molecular weight is 424 g/mol. The summed E-state index contributed by atoms with van der Waals surface area (Å²) < 4.78 is 12.7. The minimum Gasteiger partial charge on any atom is -0.383 e. The standard InChI is InChI=1S/C23H19ClFN3O2/c24-19-8-4-7-18(13-19)20(23(30)28-21(26)16-5-2-1-3-6-16)27-22(29)17-11-9-15(14-25)10-12-17/h1-13,20H,14H2,(H,27,29)(H2,26,28,30). The molecule has 3 N–H and O–H groups in total. The van der Waals surface area contributed by atoms with Crippen LogP contribution < -0.4 is 11.1 Å². The molecule has 3 aromatic carbocycles. The van der Waals surface area contributed by atoms with E-state index in [1.54, 1.807) is 48.5 Å². The predicted octanol–water partition coefficient (Wildman–Crippen LogP) is 4.21. The highest BCUT2D eigenvalue weighted by atomic mass is 35.5. The van der Waals surface area contributed by atoms with E-state index in [-0.39, 0.29) is 11.4 Å². The van der Waals surface area contributed by atoms with Crippen LogP contribution in [0.5, 0.6) is 0 Å². The zero-order valence-corrected chi connectivity index (χ0v) is 16.6. The molecule has 0 saturated carbocycles. The lowest BCUT2D eigenvalue weighted by molar-refractivity contribution is -0.119. The lowest BCUT2D eigenvalue weighted by Crippen LogP contribution is -2.34. The summed E-state index contributed by atoms with van der Waals surface area (Å²) >= 11 is 6.06. The highest BCUT2D eigenvalue weighted by Crippen LogP contribution is 2.20. The monoisotopic (exact) mass is 423 g/mol. The molecule has 0 heterocycles. The maximum atomic E-state index is 12.9. The molecule has 152 valence electrons. The Morgan fingerprint density at radius 3 is 2.30 bits per heavy atom. The molecule has 1 unspecified atom stereocenters. The summed E-state index contributed by atoms with van der Waals surface area (Å²) in [5.41, 5.74) is 7.76. The number of alkyl halides is 1. The van der Waals surface area contributed by atoms with Gasteiger partial charge in [0, 0.05) is 16.1 Å². The second-order valence-corrected chi connectivity index (χ2v) is 6.93. The van der Waals surface area contributed by atoms with Crippen LogP contribution in [0.15, 0.2) is 83.9 Å². The summed E-state index contributed by atoms with van der Waals surface area (Å²) in [6.07, 6.45) is 0. The number of rotatable bonds is 6. The van der Waals surface area contributed by atoms with Gasteiger partial charge in [-0.25, -0.2) is 4.39 Å². The van der Waals surface area contributed by atoms with Crippen LogP contribution in [0.1, 0.15) is 33.1 Å². The zero-order valence-electron chi connectivity index (χ0n) is 15.9. The maximum Gasteiger partial charge on any atom is 0.274 e. The topological polar surface area (TPSA) is 84.5 Å². The first-order chi connectivity index (χ1) is 14.5. The van der Waals surface area contributed by atoms with Gasteiger partial charge in [0.25, 0.3) is 11.8 Å².